The van der Waals surface area contributed by atoms with Crippen LogP contribution < -0.4 is 4.74 Å². The van der Waals surface area contributed by atoms with Gasteiger partial charge in [-0.05, 0) is 43.2 Å². The molecule has 1 saturated heterocycles. The van der Waals surface area contributed by atoms with Crippen LogP contribution in [0.15, 0.2) is 36.4 Å². The fourth-order valence-corrected chi connectivity index (χ4v) is 3.38. The minimum atomic E-state index is -1.06. The number of morpholine rings is 1. The summed E-state index contributed by atoms with van der Waals surface area (Å²) in [7, 11) is 0. The molecule has 0 aliphatic carbocycles. The fraction of sp³-hybridized carbons (Fsp3) is 0.333. The molecule has 6 nitrogen and oxygen atoms in total. The Morgan fingerprint density at radius 1 is 1.25 bits per heavy atom. The van der Waals surface area contributed by atoms with Crippen molar-refractivity contribution in [2.45, 2.75) is 20.0 Å². The molecule has 7 heteroatoms. The zero-order chi connectivity index (χ0) is 20.3. The average Bonchev–Trinajstić information content (AvgIpc) is 2.67. The highest BCUT2D eigenvalue weighted by Crippen LogP contribution is 2.28. The molecule has 1 amide bonds. The molecule has 1 unspecified atom stereocenters. The van der Waals surface area contributed by atoms with E-state index in [1.54, 1.807) is 49.1 Å². The Bertz CT molecular complexity index is 875. The van der Waals surface area contributed by atoms with Gasteiger partial charge in [0.25, 0.3) is 5.91 Å². The lowest BCUT2D eigenvalue weighted by atomic mass is 10.0. The number of aryl methyl sites for hydroxylation is 2. The molecule has 0 spiro atoms. The molecule has 1 aliphatic rings. The van der Waals surface area contributed by atoms with Gasteiger partial charge < -0.3 is 19.5 Å². The fourth-order valence-electron chi connectivity index (χ4n) is 3.38. The van der Waals surface area contributed by atoms with Crippen molar-refractivity contribution >= 4 is 11.9 Å². The summed E-state index contributed by atoms with van der Waals surface area (Å²) in [5, 5.41) is 8.78. The van der Waals surface area contributed by atoms with Crippen LogP contribution >= 0.6 is 0 Å². The van der Waals surface area contributed by atoms with E-state index in [2.05, 4.69) is 0 Å². The zero-order valence-electron chi connectivity index (χ0n) is 15.8. The van der Waals surface area contributed by atoms with Gasteiger partial charge in [-0.3, -0.25) is 4.79 Å². The molecule has 28 heavy (non-hydrogen) atoms. The van der Waals surface area contributed by atoms with Crippen LogP contribution in [0.1, 0.15) is 33.2 Å². The molecular formula is C21H22FNO5. The highest BCUT2D eigenvalue weighted by Gasteiger charge is 2.28. The summed E-state index contributed by atoms with van der Waals surface area (Å²) in [5.41, 5.74) is 2.28. The number of ether oxygens (including phenoxy) is 2. The molecule has 148 valence electrons. The van der Waals surface area contributed by atoms with Crippen LogP contribution in [0.25, 0.3) is 0 Å². The maximum absolute atomic E-state index is 14.1. The van der Waals surface area contributed by atoms with Crippen molar-refractivity contribution in [3.63, 3.8) is 0 Å². The number of rotatable bonds is 5. The summed E-state index contributed by atoms with van der Waals surface area (Å²) in [5.74, 6) is -1.13. The Hall–Kier alpha value is -2.93. The monoisotopic (exact) mass is 387 g/mol. The standard InChI is InChI=1S/C21H22FNO5/c1-13-9-15(10-14(2)20(13)28-12-19(24)25)21(26)23-7-8-27-18(11-23)16-5-3-4-6-17(16)22/h3-6,9-10,18H,7-8,11-12H2,1-2H3,(H,24,25). The molecule has 1 heterocycles. The first kappa shape index (κ1) is 19.8. The van der Waals surface area contributed by atoms with Crippen LogP contribution in [-0.2, 0) is 9.53 Å². The van der Waals surface area contributed by atoms with Crippen molar-refractivity contribution < 1.29 is 28.6 Å². The molecule has 0 saturated carbocycles. The molecule has 1 fully saturated rings. The number of carboxylic acid groups (broad SMARTS) is 1. The van der Waals surface area contributed by atoms with E-state index in [-0.39, 0.29) is 18.3 Å². The number of hydrogen-bond acceptors (Lipinski definition) is 4. The third-order valence-corrected chi connectivity index (χ3v) is 4.65. The number of halogens is 1. The number of carboxylic acids is 1. The highest BCUT2D eigenvalue weighted by molar-refractivity contribution is 5.95. The van der Waals surface area contributed by atoms with Crippen molar-refractivity contribution in [2.24, 2.45) is 0 Å². The lowest BCUT2D eigenvalue weighted by molar-refractivity contribution is -0.139. The van der Waals surface area contributed by atoms with E-state index in [4.69, 9.17) is 14.6 Å². The molecule has 1 N–H and O–H groups in total. The Labute approximate surface area is 162 Å². The van der Waals surface area contributed by atoms with Crippen LogP contribution in [0, 0.1) is 19.7 Å². The second-order valence-electron chi connectivity index (χ2n) is 6.75. The van der Waals surface area contributed by atoms with Crippen molar-refractivity contribution in [3.05, 3.63) is 64.5 Å². The molecule has 0 aromatic heterocycles. The van der Waals surface area contributed by atoms with Gasteiger partial charge in [0.05, 0.1) is 13.2 Å². The first-order valence-electron chi connectivity index (χ1n) is 8.98. The Kier molecular flexibility index (Phi) is 5.94. The van der Waals surface area contributed by atoms with E-state index >= 15 is 0 Å². The predicted octanol–water partition coefficient (Wildman–Crippen LogP) is 3.12. The Morgan fingerprint density at radius 3 is 2.57 bits per heavy atom. The molecular weight excluding hydrogens is 365 g/mol. The zero-order valence-corrected chi connectivity index (χ0v) is 15.8. The van der Waals surface area contributed by atoms with Gasteiger partial charge in [-0.15, -0.1) is 0 Å². The average molecular weight is 387 g/mol. The maximum Gasteiger partial charge on any atom is 0.341 e. The summed E-state index contributed by atoms with van der Waals surface area (Å²) in [6.07, 6.45) is -0.515. The summed E-state index contributed by atoms with van der Waals surface area (Å²) < 4.78 is 25.0. The lowest BCUT2D eigenvalue weighted by Gasteiger charge is -2.33. The molecule has 0 bridgehead atoms. The molecule has 1 atom stereocenters. The van der Waals surface area contributed by atoms with E-state index in [1.807, 2.05) is 0 Å². The van der Waals surface area contributed by atoms with Gasteiger partial charge in [-0.1, -0.05) is 18.2 Å². The van der Waals surface area contributed by atoms with E-state index in [0.29, 0.717) is 41.2 Å². The van der Waals surface area contributed by atoms with Gasteiger partial charge in [-0.25, -0.2) is 9.18 Å². The number of benzene rings is 2. The number of aliphatic carboxylic acids is 1. The van der Waals surface area contributed by atoms with Gasteiger partial charge in [0.1, 0.15) is 17.7 Å². The van der Waals surface area contributed by atoms with Crippen LogP contribution in [0.4, 0.5) is 4.39 Å². The predicted molar refractivity (Wildman–Crippen MR) is 100 cm³/mol. The molecule has 3 rings (SSSR count). The van der Waals surface area contributed by atoms with Gasteiger partial charge in [0.15, 0.2) is 6.61 Å². The summed E-state index contributed by atoms with van der Waals surface area (Å²) in [6.45, 7) is 4.09. The van der Waals surface area contributed by atoms with E-state index in [9.17, 15) is 14.0 Å². The number of hydrogen-bond donors (Lipinski definition) is 1. The van der Waals surface area contributed by atoms with E-state index in [0.717, 1.165) is 0 Å². The second-order valence-corrected chi connectivity index (χ2v) is 6.75. The summed E-state index contributed by atoms with van der Waals surface area (Å²) in [6, 6.07) is 9.76. The number of nitrogens with zero attached hydrogens (tertiary/aromatic N) is 1. The first-order chi connectivity index (χ1) is 13.4. The summed E-state index contributed by atoms with van der Waals surface area (Å²) in [4.78, 5) is 25.4. The maximum atomic E-state index is 14.1. The summed E-state index contributed by atoms with van der Waals surface area (Å²) >= 11 is 0. The SMILES string of the molecule is Cc1cc(C(=O)N2CCOC(c3ccccc3F)C2)cc(C)c1OCC(=O)O. The number of carbonyl (C=O) groups excluding carboxylic acids is 1. The van der Waals surface area contributed by atoms with Crippen LogP contribution in [-0.4, -0.2) is 48.2 Å². The van der Waals surface area contributed by atoms with E-state index in [1.165, 1.54) is 6.07 Å². The Morgan fingerprint density at radius 2 is 1.93 bits per heavy atom. The Balaban J connectivity index is 1.78. The number of amides is 1. The smallest absolute Gasteiger partial charge is 0.341 e. The third-order valence-electron chi connectivity index (χ3n) is 4.65. The van der Waals surface area contributed by atoms with Crippen LogP contribution in [0.5, 0.6) is 5.75 Å². The van der Waals surface area contributed by atoms with Gasteiger partial charge in [-0.2, -0.15) is 0 Å². The van der Waals surface area contributed by atoms with Gasteiger partial charge in [0, 0.05) is 17.7 Å². The lowest BCUT2D eigenvalue weighted by Crippen LogP contribution is -2.42. The van der Waals surface area contributed by atoms with Crippen molar-refractivity contribution in [1.82, 2.24) is 4.90 Å². The minimum absolute atomic E-state index is 0.180. The van der Waals surface area contributed by atoms with Crippen molar-refractivity contribution in [2.75, 3.05) is 26.3 Å². The van der Waals surface area contributed by atoms with Crippen LogP contribution in [0.3, 0.4) is 0 Å². The van der Waals surface area contributed by atoms with Crippen LogP contribution in [0.2, 0.25) is 0 Å². The highest BCUT2D eigenvalue weighted by atomic mass is 19.1. The van der Waals surface area contributed by atoms with Gasteiger partial charge >= 0.3 is 5.97 Å². The molecule has 2 aromatic carbocycles. The van der Waals surface area contributed by atoms with E-state index < -0.39 is 18.7 Å². The third kappa shape index (κ3) is 4.31. The molecule has 1 aliphatic heterocycles. The topological polar surface area (TPSA) is 76.1 Å². The molecule has 2 aromatic rings. The molecule has 0 radical (unpaired) electrons. The minimum Gasteiger partial charge on any atom is -0.481 e. The largest absolute Gasteiger partial charge is 0.481 e. The van der Waals surface area contributed by atoms with Crippen molar-refractivity contribution in [1.29, 1.82) is 0 Å². The first-order valence-corrected chi connectivity index (χ1v) is 8.98. The van der Waals surface area contributed by atoms with Gasteiger partial charge in [0.2, 0.25) is 0 Å². The number of carbonyl (C=O) groups is 2. The quantitative estimate of drug-likeness (QED) is 0.853. The normalized spacial score (nSPS) is 16.7. The second kappa shape index (κ2) is 8.39. The van der Waals surface area contributed by atoms with Crippen molar-refractivity contribution in [3.8, 4) is 5.75 Å².